The van der Waals surface area contributed by atoms with Gasteiger partial charge in [0, 0.05) is 16.2 Å². The molecule has 1 heterocycles. The molecule has 0 aliphatic carbocycles. The zero-order valence-corrected chi connectivity index (χ0v) is 22.3. The van der Waals surface area contributed by atoms with Crippen molar-refractivity contribution < 1.29 is 23.6 Å². The molecular formula is C42H26O. The Bertz CT molecular complexity index is 3190. The van der Waals surface area contributed by atoms with Crippen LogP contribution in [-0.4, -0.2) is 0 Å². The highest BCUT2D eigenvalue weighted by molar-refractivity contribution is 6.27. The van der Waals surface area contributed by atoms with Gasteiger partial charge >= 0.3 is 0 Å². The Labute approximate surface area is 268 Å². The summed E-state index contributed by atoms with van der Waals surface area (Å²) in [7, 11) is 0. The predicted octanol–water partition coefficient (Wildman–Crippen LogP) is 12.0. The van der Waals surface area contributed by atoms with E-state index in [0.29, 0.717) is 21.9 Å². The molecule has 0 aliphatic rings. The van der Waals surface area contributed by atoms with E-state index in [1.54, 1.807) is 12.1 Å². The van der Waals surface area contributed by atoms with Gasteiger partial charge in [-0.15, -0.1) is 0 Å². The molecule has 1 aromatic heterocycles. The van der Waals surface area contributed by atoms with Crippen molar-refractivity contribution in [1.29, 1.82) is 0 Å². The van der Waals surface area contributed by atoms with Gasteiger partial charge in [-0.1, -0.05) is 145 Å². The van der Waals surface area contributed by atoms with Crippen LogP contribution in [0, 0.1) is 0 Å². The van der Waals surface area contributed by atoms with E-state index in [4.69, 9.17) is 20.9 Å². The van der Waals surface area contributed by atoms with Crippen LogP contribution in [0.15, 0.2) is 162 Å². The fourth-order valence-corrected chi connectivity index (χ4v) is 6.06. The van der Waals surface area contributed by atoms with Crippen LogP contribution in [0.2, 0.25) is 0 Å². The summed E-state index contributed by atoms with van der Waals surface area (Å²) in [5.74, 6) is 0. The Hall–Kier alpha value is -5.66. The quantitative estimate of drug-likeness (QED) is 0.196. The minimum Gasteiger partial charge on any atom is -0.455 e. The maximum atomic E-state index is 9.40. The molecule has 0 spiro atoms. The molecule has 43 heavy (non-hydrogen) atoms. The van der Waals surface area contributed by atoms with Gasteiger partial charge in [-0.2, -0.15) is 0 Å². The maximum absolute atomic E-state index is 9.40. The van der Waals surface area contributed by atoms with Crippen molar-refractivity contribution in [3.63, 3.8) is 0 Å². The molecule has 9 rings (SSSR count). The third kappa shape index (κ3) is 3.65. The van der Waals surface area contributed by atoms with Crippen molar-refractivity contribution in [1.82, 2.24) is 0 Å². The molecule has 0 N–H and O–H groups in total. The van der Waals surface area contributed by atoms with Gasteiger partial charge in [0.05, 0.1) is 19.2 Å². The van der Waals surface area contributed by atoms with Gasteiger partial charge < -0.3 is 4.42 Å². The van der Waals surface area contributed by atoms with Crippen molar-refractivity contribution >= 4 is 54.3 Å². The molecule has 200 valence electrons. The number of fused-ring (bicyclic) bond motifs is 7. The lowest BCUT2D eigenvalue weighted by atomic mass is 9.84. The van der Waals surface area contributed by atoms with Crippen molar-refractivity contribution in [2.24, 2.45) is 0 Å². The number of furan rings is 1. The fourth-order valence-electron chi connectivity index (χ4n) is 6.06. The maximum Gasteiger partial charge on any atom is 0.143 e. The molecule has 0 saturated carbocycles. The minimum atomic E-state index is -0.568. The molecule has 8 aromatic carbocycles. The average Bonchev–Trinajstić information content (AvgIpc) is 3.61. The topological polar surface area (TPSA) is 13.1 Å². The van der Waals surface area contributed by atoms with E-state index in [2.05, 4.69) is 0 Å². The average molecular weight is 561 g/mol. The summed E-state index contributed by atoms with van der Waals surface area (Å²) in [6.45, 7) is 0. The monoisotopic (exact) mass is 560 g/mol. The van der Waals surface area contributed by atoms with Crippen LogP contribution in [0.25, 0.3) is 87.6 Å². The van der Waals surface area contributed by atoms with E-state index in [9.17, 15) is 2.74 Å². The van der Waals surface area contributed by atoms with Crippen molar-refractivity contribution in [3.05, 3.63) is 157 Å². The van der Waals surface area contributed by atoms with E-state index in [1.807, 2.05) is 60.7 Å². The molecule has 0 unspecified atom stereocenters. The van der Waals surface area contributed by atoms with E-state index >= 15 is 0 Å². The van der Waals surface area contributed by atoms with E-state index < -0.39 is 66.5 Å². The third-order valence-corrected chi connectivity index (χ3v) is 7.89. The third-order valence-electron chi connectivity index (χ3n) is 7.89. The first kappa shape index (κ1) is 14.0. The van der Waals surface area contributed by atoms with Gasteiger partial charge in [0.1, 0.15) is 11.2 Å². The first-order chi connectivity index (χ1) is 27.2. The van der Waals surface area contributed by atoms with Crippen molar-refractivity contribution in [2.75, 3.05) is 0 Å². The Balaban J connectivity index is 1.40. The lowest BCUT2D eigenvalue weighted by Crippen LogP contribution is -1.91. The summed E-state index contributed by atoms with van der Waals surface area (Å²) < 4.78 is 127. The molecular weight excluding hydrogens is 520 g/mol. The molecule has 0 amide bonds. The number of hydrogen-bond donors (Lipinski definition) is 0. The second kappa shape index (κ2) is 9.44. The predicted molar refractivity (Wildman–Crippen MR) is 183 cm³/mol. The van der Waals surface area contributed by atoms with E-state index in [1.165, 1.54) is 0 Å². The largest absolute Gasteiger partial charge is 0.455 e. The van der Waals surface area contributed by atoms with Crippen molar-refractivity contribution in [2.45, 2.75) is 0 Å². The van der Waals surface area contributed by atoms with Gasteiger partial charge in [-0.05, 0) is 72.4 Å². The minimum absolute atomic E-state index is 0.00925. The van der Waals surface area contributed by atoms with Crippen LogP contribution in [0.3, 0.4) is 0 Å². The first-order valence-corrected chi connectivity index (χ1v) is 13.6. The van der Waals surface area contributed by atoms with Crippen LogP contribution in [0.5, 0.6) is 0 Å². The summed E-state index contributed by atoms with van der Waals surface area (Å²) in [4.78, 5) is 0. The Kier molecular flexibility index (Phi) is 3.07. The standard InChI is InChI=1S/C42H26O/c1-2-11-27(12-3-1)28-21-23-30(24-22-28)39-32-15-6-8-17-34(32)40(35-18-9-7-16-33(35)39)36-19-10-20-38-41(36)37-26-25-29-13-4-5-14-31(29)42(37)43-38/h1-26H/i1D,2D,3D,4D,5D,10D,11D,12D,13D,14D,19D,20D,25D,26D. The zero-order valence-electron chi connectivity index (χ0n) is 36.3. The smallest absolute Gasteiger partial charge is 0.143 e. The highest BCUT2D eigenvalue weighted by Crippen LogP contribution is 2.47. The number of rotatable bonds is 3. The summed E-state index contributed by atoms with van der Waals surface area (Å²) in [5.41, 5.74) is 2.40. The molecule has 1 nitrogen and oxygen atoms in total. The molecule has 0 saturated heterocycles. The Morgan fingerprint density at radius 1 is 0.419 bits per heavy atom. The van der Waals surface area contributed by atoms with Gasteiger partial charge in [-0.3, -0.25) is 0 Å². The molecule has 1 heteroatoms. The lowest BCUT2D eigenvalue weighted by molar-refractivity contribution is 0.673. The van der Waals surface area contributed by atoms with E-state index in [0.717, 1.165) is 21.9 Å². The van der Waals surface area contributed by atoms with E-state index in [-0.39, 0.29) is 62.0 Å². The van der Waals surface area contributed by atoms with Crippen molar-refractivity contribution in [3.8, 4) is 33.4 Å². The Morgan fingerprint density at radius 3 is 1.77 bits per heavy atom. The summed E-state index contributed by atoms with van der Waals surface area (Å²) in [6, 6.07) is 15.7. The van der Waals surface area contributed by atoms with Gasteiger partial charge in [0.25, 0.3) is 0 Å². The first-order valence-electron chi connectivity index (χ1n) is 20.6. The number of hydrogen-bond acceptors (Lipinski definition) is 1. The van der Waals surface area contributed by atoms with Gasteiger partial charge in [0.2, 0.25) is 0 Å². The van der Waals surface area contributed by atoms with Crippen LogP contribution in [-0.2, 0) is 0 Å². The SMILES string of the molecule is [2H]c1c([2H])c([2H])c(-c2ccc(-c3c4ccccc4c(-c4c([2H])c([2H])c([2H])c5oc6c7c([2H])c([2H])c([2H])c([2H])c7c([2H])c([2H])c6c45)c4ccccc34)cc2)c([2H])c1[2H]. The highest BCUT2D eigenvalue weighted by atomic mass is 16.3. The number of benzene rings is 8. The zero-order chi connectivity index (χ0) is 40.5. The highest BCUT2D eigenvalue weighted by Gasteiger charge is 2.20. The van der Waals surface area contributed by atoms with Crippen LogP contribution >= 0.6 is 0 Å². The molecule has 9 aromatic rings. The molecule has 0 atom stereocenters. The summed E-state index contributed by atoms with van der Waals surface area (Å²) in [5, 5.41) is 2.50. The summed E-state index contributed by atoms with van der Waals surface area (Å²) in [6.07, 6.45) is 0. The molecule has 0 bridgehead atoms. The van der Waals surface area contributed by atoms with Gasteiger partial charge in [0.15, 0.2) is 0 Å². The molecule has 0 radical (unpaired) electrons. The summed E-state index contributed by atoms with van der Waals surface area (Å²) >= 11 is 0. The second-order valence-electron chi connectivity index (χ2n) is 10.2. The van der Waals surface area contributed by atoms with Crippen LogP contribution in [0.4, 0.5) is 0 Å². The Morgan fingerprint density at radius 2 is 1.05 bits per heavy atom. The second-order valence-corrected chi connectivity index (χ2v) is 10.2. The fraction of sp³-hybridized carbons (Fsp3) is 0. The normalized spacial score (nSPS) is 16.3. The molecule has 0 fully saturated rings. The molecule has 0 aliphatic heterocycles. The van der Waals surface area contributed by atoms with Gasteiger partial charge in [-0.25, -0.2) is 0 Å². The van der Waals surface area contributed by atoms with Crippen LogP contribution < -0.4 is 0 Å². The lowest BCUT2D eigenvalue weighted by Gasteiger charge is -2.18. The van der Waals surface area contributed by atoms with Crippen LogP contribution in [0.1, 0.15) is 19.2 Å².